The Labute approximate surface area is 254 Å². The maximum absolute atomic E-state index is 11.8. The monoisotopic (exact) mass is 660 g/mol. The number of ether oxygens (including phenoxy) is 3. The van der Waals surface area contributed by atoms with Gasteiger partial charge in [-0.15, -0.1) is 0 Å². The molecule has 0 aromatic heterocycles. The fourth-order valence-corrected chi connectivity index (χ4v) is 4.31. The van der Waals surface area contributed by atoms with E-state index in [1.54, 1.807) is 0 Å². The number of carbonyl (C=O) groups excluding carboxylic acids is 1. The van der Waals surface area contributed by atoms with E-state index in [1.807, 2.05) is 0 Å². The van der Waals surface area contributed by atoms with Gasteiger partial charge < -0.3 is 19.3 Å². The first-order chi connectivity index (χ1) is 20.4. The highest BCUT2D eigenvalue weighted by Crippen LogP contribution is 2.19. The van der Waals surface area contributed by atoms with Crippen molar-refractivity contribution in [3.8, 4) is 11.5 Å². The van der Waals surface area contributed by atoms with Crippen molar-refractivity contribution in [2.24, 2.45) is 10.2 Å². The lowest BCUT2D eigenvalue weighted by atomic mass is 10.3. The lowest BCUT2D eigenvalue weighted by Crippen LogP contribution is -2.15. The van der Waals surface area contributed by atoms with Crippen LogP contribution < -0.4 is 9.47 Å². The molecule has 242 valence electrons. The van der Waals surface area contributed by atoms with Gasteiger partial charge in [0, 0.05) is 22.9 Å². The minimum Gasteiger partial charge on any atom is -0.494 e. The van der Waals surface area contributed by atoms with Gasteiger partial charge in [-0.2, -0.15) is 16.8 Å². The molecular formula is C24H32N6O12S2. The number of methoxy groups -OCH3 is 1. The van der Waals surface area contributed by atoms with Crippen LogP contribution in [0.25, 0.3) is 20.9 Å². The fourth-order valence-electron chi connectivity index (χ4n) is 2.59. The van der Waals surface area contributed by atoms with Gasteiger partial charge in [-0.1, -0.05) is 17.7 Å². The van der Waals surface area contributed by atoms with Crippen molar-refractivity contribution in [2.45, 2.75) is 30.1 Å². The first-order valence-electron chi connectivity index (χ1n) is 12.0. The number of carboxylic acid groups (broad SMARTS) is 1. The van der Waals surface area contributed by atoms with Gasteiger partial charge in [-0.25, -0.2) is 9.59 Å². The summed E-state index contributed by atoms with van der Waals surface area (Å²) in [5.41, 5.74) is 16.2. The molecule has 2 aromatic rings. The van der Waals surface area contributed by atoms with Crippen LogP contribution in [-0.4, -0.2) is 80.5 Å². The highest BCUT2D eigenvalue weighted by atomic mass is 32.2. The first-order valence-corrected chi connectivity index (χ1v) is 14.8. The van der Waals surface area contributed by atoms with E-state index in [4.69, 9.17) is 25.6 Å². The number of carbonyl (C=O) groups is 2. The number of hydrogen-bond donors (Lipinski definition) is 1. The maximum Gasteiger partial charge on any atom is 0.333 e. The number of azide groups is 2. The second kappa shape index (κ2) is 21.2. The summed E-state index contributed by atoms with van der Waals surface area (Å²) in [4.78, 5) is 26.1. The average Bonchev–Trinajstić information content (AvgIpc) is 2.99. The highest BCUT2D eigenvalue weighted by Gasteiger charge is 2.18. The van der Waals surface area contributed by atoms with Crippen molar-refractivity contribution in [2.75, 3.05) is 46.6 Å². The fraction of sp³-hybridized carbons (Fsp3) is 0.417. The molecule has 0 aliphatic heterocycles. The van der Waals surface area contributed by atoms with Crippen LogP contribution in [0.4, 0.5) is 0 Å². The standard InChI is InChI=1S/C12H15N3O6S.C11H13N3O6S.CH4/c1-19-12(16)9-21-22(17,18)11-5-3-10(4-6-11)20-8-2-7-14-15-13;12-14-13-6-1-7-19-9-2-4-10(5-3-9)21(17,18)20-8-11(15)16;/h3-6H,2,7-9H2,1H3;2-5H,1,6-8H2,(H,15,16);1H4. The highest BCUT2D eigenvalue weighted by molar-refractivity contribution is 7.87. The second-order valence-electron chi connectivity index (χ2n) is 7.66. The van der Waals surface area contributed by atoms with Crippen molar-refractivity contribution in [3.05, 3.63) is 69.4 Å². The Hall–Kier alpha value is -4.58. The zero-order chi connectivity index (χ0) is 32.1. The average molecular weight is 661 g/mol. The van der Waals surface area contributed by atoms with E-state index in [-0.39, 0.29) is 17.2 Å². The predicted molar refractivity (Wildman–Crippen MR) is 154 cm³/mol. The van der Waals surface area contributed by atoms with Crippen molar-refractivity contribution in [1.29, 1.82) is 0 Å². The molecule has 1 N–H and O–H groups in total. The van der Waals surface area contributed by atoms with Crippen LogP contribution in [-0.2, 0) is 42.9 Å². The molecule has 44 heavy (non-hydrogen) atoms. The van der Waals surface area contributed by atoms with Crippen LogP contribution in [0.1, 0.15) is 20.3 Å². The maximum atomic E-state index is 11.8. The van der Waals surface area contributed by atoms with Crippen LogP contribution in [0.5, 0.6) is 11.5 Å². The molecule has 2 aromatic carbocycles. The summed E-state index contributed by atoms with van der Waals surface area (Å²) in [5.74, 6) is -1.26. The normalized spacial score (nSPS) is 10.4. The summed E-state index contributed by atoms with van der Waals surface area (Å²) in [6.07, 6.45) is 1.08. The Bertz CT molecular complexity index is 1490. The van der Waals surface area contributed by atoms with Crippen molar-refractivity contribution in [3.63, 3.8) is 0 Å². The minimum atomic E-state index is -4.10. The van der Waals surface area contributed by atoms with Gasteiger partial charge in [0.25, 0.3) is 20.2 Å². The zero-order valence-corrected chi connectivity index (χ0v) is 24.3. The summed E-state index contributed by atoms with van der Waals surface area (Å²) >= 11 is 0. The van der Waals surface area contributed by atoms with Crippen LogP contribution in [0, 0.1) is 0 Å². The molecule has 0 bridgehead atoms. The molecule has 0 aliphatic carbocycles. The molecule has 20 heteroatoms. The molecule has 0 spiro atoms. The lowest BCUT2D eigenvalue weighted by Gasteiger charge is -2.07. The number of hydrogen-bond acceptors (Lipinski definition) is 13. The summed E-state index contributed by atoms with van der Waals surface area (Å²) in [6.45, 7) is -0.322. The molecule has 0 radical (unpaired) electrons. The molecule has 2 rings (SSSR count). The third kappa shape index (κ3) is 16.2. The Morgan fingerprint density at radius 2 is 1.14 bits per heavy atom. The summed E-state index contributed by atoms with van der Waals surface area (Å²) < 4.78 is 70.6. The molecule has 0 atom stereocenters. The van der Waals surface area contributed by atoms with Crippen LogP contribution in [0.15, 0.2) is 68.6 Å². The Balaban J connectivity index is 0.000000823. The van der Waals surface area contributed by atoms with Crippen LogP contribution in [0.3, 0.4) is 0 Å². The van der Waals surface area contributed by atoms with Gasteiger partial charge in [0.1, 0.15) is 11.5 Å². The molecule has 0 fully saturated rings. The zero-order valence-electron chi connectivity index (χ0n) is 22.7. The van der Waals surface area contributed by atoms with E-state index >= 15 is 0 Å². The quantitative estimate of drug-likeness (QED) is 0.0596. The summed E-state index contributed by atoms with van der Waals surface area (Å²) in [6, 6.07) is 10.9. The lowest BCUT2D eigenvalue weighted by molar-refractivity contribution is -0.143. The first kappa shape index (κ1) is 39.4. The van der Waals surface area contributed by atoms with Gasteiger partial charge in [0.05, 0.1) is 30.1 Å². The van der Waals surface area contributed by atoms with Crippen LogP contribution >= 0.6 is 0 Å². The summed E-state index contributed by atoms with van der Waals surface area (Å²) in [5, 5.41) is 15.1. The van der Waals surface area contributed by atoms with E-state index in [9.17, 15) is 26.4 Å². The second-order valence-corrected chi connectivity index (χ2v) is 10.9. The van der Waals surface area contributed by atoms with Crippen molar-refractivity contribution < 1.29 is 54.1 Å². The molecule has 18 nitrogen and oxygen atoms in total. The van der Waals surface area contributed by atoms with E-state index < -0.39 is 45.4 Å². The number of aliphatic carboxylic acids is 1. The van der Waals surface area contributed by atoms with E-state index in [0.717, 1.165) is 7.11 Å². The van der Waals surface area contributed by atoms with Crippen LogP contribution in [0.2, 0.25) is 0 Å². The van der Waals surface area contributed by atoms with Gasteiger partial charge in [0.15, 0.2) is 13.2 Å². The topological polar surface area (TPSA) is 266 Å². The number of rotatable bonds is 18. The van der Waals surface area contributed by atoms with Gasteiger partial charge in [-0.05, 0) is 72.4 Å². The van der Waals surface area contributed by atoms with Gasteiger partial charge >= 0.3 is 11.9 Å². The molecule has 0 aliphatic rings. The van der Waals surface area contributed by atoms with Gasteiger partial charge in [-0.3, -0.25) is 8.37 Å². The molecule has 0 amide bonds. The summed E-state index contributed by atoms with van der Waals surface area (Å²) in [7, 11) is -6.99. The van der Waals surface area contributed by atoms with E-state index in [2.05, 4.69) is 33.2 Å². The third-order valence-corrected chi connectivity index (χ3v) is 7.15. The number of nitrogens with zero attached hydrogens (tertiary/aromatic N) is 6. The Kier molecular flexibility index (Phi) is 19.0. The Morgan fingerprint density at radius 1 is 0.750 bits per heavy atom. The number of benzene rings is 2. The predicted octanol–water partition coefficient (Wildman–Crippen LogP) is 3.84. The van der Waals surface area contributed by atoms with E-state index in [1.165, 1.54) is 48.5 Å². The molecule has 0 saturated carbocycles. The number of carboxylic acids is 1. The van der Waals surface area contributed by atoms with Gasteiger partial charge in [0.2, 0.25) is 0 Å². The molecule has 0 heterocycles. The molecule has 0 unspecified atom stereocenters. The van der Waals surface area contributed by atoms with E-state index in [0.29, 0.717) is 50.6 Å². The van der Waals surface area contributed by atoms with Crippen molar-refractivity contribution >= 4 is 32.2 Å². The minimum absolute atomic E-state index is 0. The number of esters is 1. The third-order valence-electron chi connectivity index (χ3n) is 4.59. The SMILES string of the molecule is C.COC(=O)COS(=O)(=O)c1ccc(OCCCN=[N+]=[N-])cc1.[N-]=[N+]=NCCCOc1ccc(S(=O)(=O)OCC(=O)O)cc1. The molecule has 0 saturated heterocycles. The van der Waals surface area contributed by atoms with Crippen molar-refractivity contribution in [1.82, 2.24) is 0 Å². The molecular weight excluding hydrogens is 628 g/mol. The largest absolute Gasteiger partial charge is 0.494 e. The Morgan fingerprint density at radius 3 is 1.48 bits per heavy atom. The smallest absolute Gasteiger partial charge is 0.333 e.